The van der Waals surface area contributed by atoms with E-state index in [-0.39, 0.29) is 5.82 Å². The van der Waals surface area contributed by atoms with Gasteiger partial charge in [-0.2, -0.15) is 0 Å². The fraction of sp³-hybridized carbons (Fsp3) is 0.0833. The van der Waals surface area contributed by atoms with E-state index in [9.17, 15) is 4.39 Å². The van der Waals surface area contributed by atoms with Gasteiger partial charge in [-0.3, -0.25) is 0 Å². The van der Waals surface area contributed by atoms with Crippen molar-refractivity contribution in [1.82, 2.24) is 4.98 Å². The molecule has 0 atom stereocenters. The number of pyridine rings is 1. The van der Waals surface area contributed by atoms with Crippen LogP contribution >= 0.6 is 11.6 Å². The molecule has 0 aliphatic carbocycles. The van der Waals surface area contributed by atoms with Crippen molar-refractivity contribution in [2.45, 2.75) is 6.92 Å². The molecule has 0 unspecified atom stereocenters. The molecule has 0 saturated carbocycles. The zero-order valence-corrected chi connectivity index (χ0v) is 9.42. The van der Waals surface area contributed by atoms with Crippen molar-refractivity contribution in [3.05, 3.63) is 46.9 Å². The molecule has 0 radical (unpaired) electrons. The van der Waals surface area contributed by atoms with Crippen molar-refractivity contribution in [2.24, 2.45) is 0 Å². The van der Waals surface area contributed by atoms with Crippen LogP contribution in [0, 0.1) is 12.7 Å². The number of benzene rings is 1. The largest absolute Gasteiger partial charge is 0.383 e. The topological polar surface area (TPSA) is 38.9 Å². The summed E-state index contributed by atoms with van der Waals surface area (Å²) in [5, 5.41) is 0.365. The lowest BCUT2D eigenvalue weighted by molar-refractivity contribution is 0.628. The van der Waals surface area contributed by atoms with E-state index in [1.165, 1.54) is 12.1 Å². The highest BCUT2D eigenvalue weighted by atomic mass is 35.5. The van der Waals surface area contributed by atoms with Crippen LogP contribution < -0.4 is 5.73 Å². The molecule has 82 valence electrons. The van der Waals surface area contributed by atoms with Gasteiger partial charge in [0.2, 0.25) is 0 Å². The molecule has 2 aromatic rings. The molecule has 16 heavy (non-hydrogen) atoms. The maximum Gasteiger partial charge on any atom is 0.126 e. The first-order chi connectivity index (χ1) is 7.56. The Labute approximate surface area is 97.9 Å². The molecular formula is C12H10ClFN2. The van der Waals surface area contributed by atoms with Crippen LogP contribution in [-0.4, -0.2) is 4.98 Å². The molecule has 0 spiro atoms. The van der Waals surface area contributed by atoms with Crippen LogP contribution in [0.1, 0.15) is 5.56 Å². The highest BCUT2D eigenvalue weighted by Gasteiger charge is 2.04. The summed E-state index contributed by atoms with van der Waals surface area (Å²) in [5.74, 6) is 0.114. The number of aryl methyl sites for hydroxylation is 1. The summed E-state index contributed by atoms with van der Waals surface area (Å²) in [7, 11) is 0. The van der Waals surface area contributed by atoms with E-state index >= 15 is 0 Å². The normalized spacial score (nSPS) is 10.4. The third-order valence-corrected chi connectivity index (χ3v) is 2.53. The number of nitrogens with two attached hydrogens (primary N) is 1. The number of hydrogen-bond acceptors (Lipinski definition) is 2. The molecule has 1 heterocycles. The molecule has 2 nitrogen and oxygen atoms in total. The Hall–Kier alpha value is -1.61. The zero-order valence-electron chi connectivity index (χ0n) is 8.67. The quantitative estimate of drug-likeness (QED) is 0.824. The first-order valence-electron chi connectivity index (χ1n) is 4.75. The molecule has 0 fully saturated rings. The Morgan fingerprint density at radius 3 is 2.56 bits per heavy atom. The Balaban J connectivity index is 2.54. The van der Waals surface area contributed by atoms with E-state index in [0.717, 1.165) is 11.1 Å². The molecular weight excluding hydrogens is 227 g/mol. The van der Waals surface area contributed by atoms with Gasteiger partial charge in [-0.1, -0.05) is 11.6 Å². The third kappa shape index (κ3) is 2.14. The van der Waals surface area contributed by atoms with E-state index < -0.39 is 0 Å². The van der Waals surface area contributed by atoms with Gasteiger partial charge in [0.1, 0.15) is 11.6 Å². The van der Waals surface area contributed by atoms with Gasteiger partial charge in [-0.25, -0.2) is 9.37 Å². The second kappa shape index (κ2) is 4.10. The minimum Gasteiger partial charge on any atom is -0.383 e. The number of anilines is 1. The molecule has 2 rings (SSSR count). The van der Waals surface area contributed by atoms with Crippen molar-refractivity contribution < 1.29 is 4.39 Å². The van der Waals surface area contributed by atoms with Crippen LogP contribution in [0.2, 0.25) is 5.02 Å². The second-order valence-corrected chi connectivity index (χ2v) is 4.02. The molecule has 0 aliphatic heterocycles. The third-order valence-electron chi connectivity index (χ3n) is 2.31. The lowest BCUT2D eigenvalue weighted by atomic mass is 10.1. The average molecular weight is 237 g/mol. The van der Waals surface area contributed by atoms with E-state index in [0.29, 0.717) is 16.4 Å². The minimum atomic E-state index is -0.364. The van der Waals surface area contributed by atoms with Gasteiger partial charge in [0, 0.05) is 16.8 Å². The highest BCUT2D eigenvalue weighted by molar-refractivity contribution is 6.30. The summed E-state index contributed by atoms with van der Waals surface area (Å²) in [6.45, 7) is 1.85. The number of nitrogens with zero attached hydrogens (tertiary/aromatic N) is 1. The van der Waals surface area contributed by atoms with Crippen LogP contribution in [0.3, 0.4) is 0 Å². The molecule has 0 aliphatic rings. The van der Waals surface area contributed by atoms with Crippen LogP contribution in [0.25, 0.3) is 11.1 Å². The SMILES string of the molecule is Cc1cc(-c2cc(F)cc(Cl)c2)cnc1N. The maximum absolute atomic E-state index is 13.2. The van der Waals surface area contributed by atoms with Gasteiger partial charge in [-0.05, 0) is 42.3 Å². The van der Waals surface area contributed by atoms with Crippen molar-refractivity contribution in [2.75, 3.05) is 5.73 Å². The Kier molecular flexibility index (Phi) is 2.79. The first kappa shape index (κ1) is 10.9. The lowest BCUT2D eigenvalue weighted by Crippen LogP contribution is -1.94. The number of rotatable bonds is 1. The van der Waals surface area contributed by atoms with Gasteiger partial charge in [-0.15, -0.1) is 0 Å². The predicted molar refractivity (Wildman–Crippen MR) is 63.8 cm³/mol. The zero-order chi connectivity index (χ0) is 11.7. The first-order valence-corrected chi connectivity index (χ1v) is 5.12. The molecule has 4 heteroatoms. The Bertz CT molecular complexity index is 520. The van der Waals surface area contributed by atoms with Crippen molar-refractivity contribution in [1.29, 1.82) is 0 Å². The minimum absolute atomic E-state index is 0.364. The van der Waals surface area contributed by atoms with Crippen LogP contribution in [0.15, 0.2) is 30.5 Å². The van der Waals surface area contributed by atoms with E-state index in [2.05, 4.69) is 4.98 Å². The van der Waals surface area contributed by atoms with Crippen LogP contribution in [0.4, 0.5) is 10.2 Å². The smallest absolute Gasteiger partial charge is 0.126 e. The average Bonchev–Trinajstić information content (AvgIpc) is 2.20. The van der Waals surface area contributed by atoms with Gasteiger partial charge in [0.15, 0.2) is 0 Å². The van der Waals surface area contributed by atoms with E-state index in [1.807, 2.05) is 13.0 Å². The summed E-state index contributed by atoms with van der Waals surface area (Å²) in [6, 6.07) is 6.23. The molecule has 1 aromatic heterocycles. The molecule has 0 amide bonds. The Morgan fingerprint density at radius 2 is 1.94 bits per heavy atom. The summed E-state index contributed by atoms with van der Waals surface area (Å²) in [5.41, 5.74) is 7.97. The van der Waals surface area contributed by atoms with Gasteiger partial charge in [0.25, 0.3) is 0 Å². The summed E-state index contributed by atoms with van der Waals surface area (Å²) in [6.07, 6.45) is 1.60. The van der Waals surface area contributed by atoms with Gasteiger partial charge >= 0.3 is 0 Å². The van der Waals surface area contributed by atoms with Crippen LogP contribution in [-0.2, 0) is 0 Å². The monoisotopic (exact) mass is 236 g/mol. The highest BCUT2D eigenvalue weighted by Crippen LogP contribution is 2.25. The van der Waals surface area contributed by atoms with Crippen molar-refractivity contribution >= 4 is 17.4 Å². The summed E-state index contributed by atoms with van der Waals surface area (Å²) in [4.78, 5) is 4.03. The lowest BCUT2D eigenvalue weighted by Gasteiger charge is -2.05. The molecule has 2 N–H and O–H groups in total. The molecule has 0 saturated heterocycles. The fourth-order valence-corrected chi connectivity index (χ4v) is 1.69. The number of halogens is 2. The number of nitrogen functional groups attached to an aromatic ring is 1. The standard InChI is InChI=1S/C12H10ClFN2/c1-7-2-9(6-16-12(7)15)8-3-10(13)5-11(14)4-8/h2-6H,1H3,(H2,15,16). The van der Waals surface area contributed by atoms with Gasteiger partial charge < -0.3 is 5.73 Å². The van der Waals surface area contributed by atoms with Gasteiger partial charge in [0.05, 0.1) is 0 Å². The molecule has 0 bridgehead atoms. The van der Waals surface area contributed by atoms with Crippen molar-refractivity contribution in [3.8, 4) is 11.1 Å². The molecule has 1 aromatic carbocycles. The summed E-state index contributed by atoms with van der Waals surface area (Å²) >= 11 is 5.79. The van der Waals surface area contributed by atoms with E-state index in [1.54, 1.807) is 12.3 Å². The number of hydrogen-bond donors (Lipinski definition) is 1. The van der Waals surface area contributed by atoms with E-state index in [4.69, 9.17) is 17.3 Å². The van der Waals surface area contributed by atoms with Crippen molar-refractivity contribution in [3.63, 3.8) is 0 Å². The van der Waals surface area contributed by atoms with Crippen LogP contribution in [0.5, 0.6) is 0 Å². The second-order valence-electron chi connectivity index (χ2n) is 3.58. The number of aromatic nitrogens is 1. The summed E-state index contributed by atoms with van der Waals surface area (Å²) < 4.78 is 13.2. The predicted octanol–water partition coefficient (Wildman–Crippen LogP) is 3.43. The fourth-order valence-electron chi connectivity index (χ4n) is 1.46. The Morgan fingerprint density at radius 1 is 1.19 bits per heavy atom. The maximum atomic E-state index is 13.2.